The number of ether oxygens (including phenoxy) is 1. The maximum absolute atomic E-state index is 12.7. The van der Waals surface area contributed by atoms with Crippen molar-refractivity contribution in [2.45, 2.75) is 13.5 Å². The molecule has 0 saturated heterocycles. The predicted molar refractivity (Wildman–Crippen MR) is 120 cm³/mol. The number of para-hydroxylation sites is 1. The summed E-state index contributed by atoms with van der Waals surface area (Å²) in [4.78, 5) is 25.2. The van der Waals surface area contributed by atoms with Gasteiger partial charge in [0, 0.05) is 17.5 Å². The first-order valence-corrected chi connectivity index (χ1v) is 11.7. The lowest BCUT2D eigenvalue weighted by Gasteiger charge is -2.09. The van der Waals surface area contributed by atoms with Crippen molar-refractivity contribution in [2.75, 3.05) is 12.9 Å². The van der Waals surface area contributed by atoms with E-state index in [1.807, 2.05) is 30.3 Å². The van der Waals surface area contributed by atoms with Crippen LogP contribution in [-0.4, -0.2) is 37.1 Å². The molecule has 2 aromatic carbocycles. The van der Waals surface area contributed by atoms with Crippen molar-refractivity contribution in [1.29, 1.82) is 0 Å². The van der Waals surface area contributed by atoms with Gasteiger partial charge in [0.2, 0.25) is 10.0 Å². The second kappa shape index (κ2) is 9.36. The zero-order valence-electron chi connectivity index (χ0n) is 17.0. The minimum absolute atomic E-state index is 0.0541. The second-order valence-corrected chi connectivity index (χ2v) is 8.93. The number of hydrogen-bond acceptors (Lipinski definition) is 5. The Morgan fingerprint density at radius 2 is 1.74 bits per heavy atom. The highest BCUT2D eigenvalue weighted by Gasteiger charge is 2.28. The van der Waals surface area contributed by atoms with Crippen LogP contribution in [0.1, 0.15) is 28.5 Å². The van der Waals surface area contributed by atoms with Gasteiger partial charge in [0.05, 0.1) is 18.4 Å². The Morgan fingerprint density at radius 3 is 2.39 bits per heavy atom. The number of benzene rings is 2. The molecule has 0 aliphatic rings. The lowest BCUT2D eigenvalue weighted by molar-refractivity contribution is -0.117. The molecule has 0 radical (unpaired) electrons. The summed E-state index contributed by atoms with van der Waals surface area (Å²) in [5.74, 6) is -1.39. The van der Waals surface area contributed by atoms with Crippen LogP contribution < -0.4 is 5.32 Å². The highest BCUT2D eigenvalue weighted by molar-refractivity contribution is 7.89. The van der Waals surface area contributed by atoms with E-state index in [0.29, 0.717) is 5.39 Å². The highest BCUT2D eigenvalue weighted by Crippen LogP contribution is 2.31. The van der Waals surface area contributed by atoms with Crippen LogP contribution in [0.5, 0.6) is 0 Å². The van der Waals surface area contributed by atoms with Gasteiger partial charge in [-0.3, -0.25) is 4.79 Å². The van der Waals surface area contributed by atoms with Gasteiger partial charge in [-0.15, -0.1) is 0 Å². The molecule has 1 aromatic heterocycles. The molecule has 31 heavy (non-hydrogen) atoms. The second-order valence-electron chi connectivity index (χ2n) is 6.69. The van der Waals surface area contributed by atoms with Crippen LogP contribution in [0.25, 0.3) is 17.0 Å². The molecular formula is C22H21ClN2O5S. The quantitative estimate of drug-likeness (QED) is 0.430. The Balaban J connectivity index is 2.09. The minimum atomic E-state index is -3.86. The van der Waals surface area contributed by atoms with Gasteiger partial charge in [-0.1, -0.05) is 60.1 Å². The third-order valence-corrected chi connectivity index (χ3v) is 5.78. The van der Waals surface area contributed by atoms with E-state index in [4.69, 9.17) is 16.3 Å². The highest BCUT2D eigenvalue weighted by atomic mass is 35.5. The van der Waals surface area contributed by atoms with E-state index >= 15 is 0 Å². The standard InChI is InChI=1S/C22H21ClN2O5S/c1-3-30-22(27)20-17(16-11-7-8-12-19(16)25(20)31(2,28)29)13-18(23)21(26)24-14-15-9-5-4-6-10-15/h4-13H,3,14H2,1-2H3,(H,24,26)/b18-13-. The topological polar surface area (TPSA) is 94.5 Å². The maximum Gasteiger partial charge on any atom is 0.356 e. The number of aromatic nitrogens is 1. The summed E-state index contributed by atoms with van der Waals surface area (Å²) in [6, 6.07) is 15.9. The molecule has 1 N–H and O–H groups in total. The van der Waals surface area contributed by atoms with Gasteiger partial charge in [-0.05, 0) is 24.6 Å². The van der Waals surface area contributed by atoms with Crippen molar-refractivity contribution in [3.8, 4) is 0 Å². The zero-order chi connectivity index (χ0) is 22.6. The molecule has 9 heteroatoms. The minimum Gasteiger partial charge on any atom is -0.461 e. The van der Waals surface area contributed by atoms with Crippen LogP contribution in [-0.2, 0) is 26.1 Å². The zero-order valence-corrected chi connectivity index (χ0v) is 18.5. The molecule has 3 rings (SSSR count). The third kappa shape index (κ3) is 4.98. The Bertz CT molecular complexity index is 1260. The molecule has 0 spiro atoms. The summed E-state index contributed by atoms with van der Waals surface area (Å²) in [6.07, 6.45) is 2.28. The van der Waals surface area contributed by atoms with Crippen LogP contribution in [0.2, 0.25) is 0 Å². The van der Waals surface area contributed by atoms with E-state index in [-0.39, 0.29) is 35.0 Å². The van der Waals surface area contributed by atoms with Gasteiger partial charge >= 0.3 is 5.97 Å². The smallest absolute Gasteiger partial charge is 0.356 e. The van der Waals surface area contributed by atoms with Crippen LogP contribution in [0, 0.1) is 0 Å². The van der Waals surface area contributed by atoms with Crippen molar-refractivity contribution in [2.24, 2.45) is 0 Å². The molecular weight excluding hydrogens is 440 g/mol. The number of nitrogens with zero attached hydrogens (tertiary/aromatic N) is 1. The van der Waals surface area contributed by atoms with E-state index < -0.39 is 21.9 Å². The number of carbonyl (C=O) groups is 2. The number of esters is 1. The number of nitrogens with one attached hydrogen (secondary N) is 1. The van der Waals surface area contributed by atoms with E-state index in [9.17, 15) is 18.0 Å². The molecule has 7 nitrogen and oxygen atoms in total. The van der Waals surface area contributed by atoms with Crippen molar-refractivity contribution in [1.82, 2.24) is 9.29 Å². The van der Waals surface area contributed by atoms with Crippen LogP contribution in [0.3, 0.4) is 0 Å². The molecule has 0 bridgehead atoms. The Labute approximate surface area is 185 Å². The summed E-state index contributed by atoms with van der Waals surface area (Å²) in [6.45, 7) is 1.93. The Morgan fingerprint density at radius 1 is 1.10 bits per heavy atom. The third-order valence-electron chi connectivity index (χ3n) is 4.46. The average Bonchev–Trinajstić information content (AvgIpc) is 3.07. The monoisotopic (exact) mass is 460 g/mol. The van der Waals surface area contributed by atoms with Gasteiger partial charge in [0.25, 0.3) is 5.91 Å². The van der Waals surface area contributed by atoms with Crippen molar-refractivity contribution >= 4 is 50.5 Å². The number of fused-ring (bicyclic) bond motifs is 1. The van der Waals surface area contributed by atoms with Crippen LogP contribution >= 0.6 is 11.6 Å². The normalized spacial score (nSPS) is 12.0. The average molecular weight is 461 g/mol. The SMILES string of the molecule is CCOC(=O)c1c(/C=C(\Cl)C(=O)NCc2ccccc2)c2ccccc2n1S(C)(=O)=O. The van der Waals surface area contributed by atoms with E-state index in [1.165, 1.54) is 6.08 Å². The van der Waals surface area contributed by atoms with Crippen molar-refractivity contribution in [3.63, 3.8) is 0 Å². The molecule has 0 unspecified atom stereocenters. The molecule has 0 atom stereocenters. The first kappa shape index (κ1) is 22.6. The lowest BCUT2D eigenvalue weighted by Crippen LogP contribution is -2.23. The van der Waals surface area contributed by atoms with E-state index in [0.717, 1.165) is 15.8 Å². The predicted octanol–water partition coefficient (Wildman–Crippen LogP) is 3.52. The number of rotatable bonds is 7. The van der Waals surface area contributed by atoms with Gasteiger partial charge in [-0.2, -0.15) is 0 Å². The molecule has 1 amide bonds. The molecule has 0 aliphatic heterocycles. The summed E-state index contributed by atoms with van der Waals surface area (Å²) in [5.41, 5.74) is 1.16. The largest absolute Gasteiger partial charge is 0.461 e. The van der Waals surface area contributed by atoms with Crippen molar-refractivity contribution < 1.29 is 22.7 Å². The van der Waals surface area contributed by atoms with Gasteiger partial charge in [-0.25, -0.2) is 17.2 Å². The first-order chi connectivity index (χ1) is 14.7. The molecule has 0 saturated carbocycles. The number of halogens is 1. The summed E-state index contributed by atoms with van der Waals surface area (Å²) >= 11 is 6.25. The number of carbonyl (C=O) groups excluding carboxylic acids is 2. The fraction of sp³-hybridized carbons (Fsp3) is 0.182. The number of hydrogen-bond donors (Lipinski definition) is 1. The molecule has 3 aromatic rings. The van der Waals surface area contributed by atoms with Gasteiger partial charge < -0.3 is 10.1 Å². The van der Waals surface area contributed by atoms with E-state index in [1.54, 1.807) is 31.2 Å². The van der Waals surface area contributed by atoms with Crippen molar-refractivity contribution in [3.05, 3.63) is 76.5 Å². The molecule has 0 aliphatic carbocycles. The molecule has 1 heterocycles. The Kier molecular flexibility index (Phi) is 6.82. The first-order valence-electron chi connectivity index (χ1n) is 9.44. The lowest BCUT2D eigenvalue weighted by atomic mass is 10.1. The van der Waals surface area contributed by atoms with Crippen LogP contribution in [0.4, 0.5) is 0 Å². The molecule has 0 fully saturated rings. The summed E-state index contributed by atoms with van der Waals surface area (Å²) in [7, 11) is -3.86. The fourth-order valence-electron chi connectivity index (χ4n) is 3.17. The Hall–Kier alpha value is -3.10. The van der Waals surface area contributed by atoms with Crippen LogP contribution in [0.15, 0.2) is 59.6 Å². The number of amides is 1. The van der Waals surface area contributed by atoms with Gasteiger partial charge in [0.1, 0.15) is 10.7 Å². The van der Waals surface area contributed by atoms with Gasteiger partial charge in [0.15, 0.2) is 0 Å². The summed E-state index contributed by atoms with van der Waals surface area (Å²) < 4.78 is 31.0. The summed E-state index contributed by atoms with van der Waals surface area (Å²) in [5, 5.41) is 2.95. The fourth-order valence-corrected chi connectivity index (χ4v) is 4.37. The molecule has 162 valence electrons. The maximum atomic E-state index is 12.7. The van der Waals surface area contributed by atoms with E-state index in [2.05, 4.69) is 5.32 Å².